The van der Waals surface area contributed by atoms with Crippen LogP contribution in [0.15, 0.2) is 64.3 Å². The van der Waals surface area contributed by atoms with Gasteiger partial charge in [0.2, 0.25) is 11.8 Å². The fourth-order valence-corrected chi connectivity index (χ4v) is 2.56. The maximum Gasteiger partial charge on any atom is 0.226 e. The molecule has 0 amide bonds. The molecular weight excluding hydrogens is 354 g/mol. The smallest absolute Gasteiger partial charge is 0.226 e. The SMILES string of the molecule is CCCOc1ncccc1CNC(=NC)NCc1coc(-c2ccccc2)n1. The topological polar surface area (TPSA) is 84.6 Å². The fraction of sp³-hybridized carbons (Fsp3) is 0.286. The van der Waals surface area contributed by atoms with E-state index >= 15 is 0 Å². The Morgan fingerprint density at radius 1 is 1.11 bits per heavy atom. The molecule has 3 rings (SSSR count). The van der Waals surface area contributed by atoms with Gasteiger partial charge in [0.05, 0.1) is 18.8 Å². The Bertz CT molecular complexity index is 893. The van der Waals surface area contributed by atoms with E-state index in [1.807, 2.05) is 42.5 Å². The van der Waals surface area contributed by atoms with Crippen LogP contribution in [0.5, 0.6) is 5.88 Å². The molecule has 0 spiro atoms. The number of rotatable bonds is 8. The Labute approximate surface area is 164 Å². The van der Waals surface area contributed by atoms with Crippen molar-refractivity contribution in [3.63, 3.8) is 0 Å². The predicted molar refractivity (Wildman–Crippen MR) is 109 cm³/mol. The van der Waals surface area contributed by atoms with E-state index in [-0.39, 0.29) is 0 Å². The molecule has 2 aromatic heterocycles. The number of aliphatic imine (C=N–C) groups is 1. The van der Waals surface area contributed by atoms with E-state index in [1.54, 1.807) is 19.5 Å². The second-order valence-corrected chi connectivity index (χ2v) is 6.11. The van der Waals surface area contributed by atoms with E-state index in [9.17, 15) is 0 Å². The second kappa shape index (κ2) is 10.1. The molecule has 0 saturated heterocycles. The normalized spacial score (nSPS) is 11.3. The van der Waals surface area contributed by atoms with Gasteiger partial charge in [0.15, 0.2) is 5.96 Å². The lowest BCUT2D eigenvalue weighted by molar-refractivity contribution is 0.301. The molecule has 1 aromatic carbocycles. The zero-order valence-electron chi connectivity index (χ0n) is 16.2. The van der Waals surface area contributed by atoms with Gasteiger partial charge in [0.1, 0.15) is 6.26 Å². The summed E-state index contributed by atoms with van der Waals surface area (Å²) in [4.78, 5) is 13.1. The molecule has 0 aliphatic heterocycles. The predicted octanol–water partition coefficient (Wildman–Crippen LogP) is 3.39. The van der Waals surface area contributed by atoms with Gasteiger partial charge in [0, 0.05) is 30.9 Å². The minimum atomic E-state index is 0.502. The first-order valence-corrected chi connectivity index (χ1v) is 9.31. The zero-order valence-corrected chi connectivity index (χ0v) is 16.2. The van der Waals surface area contributed by atoms with Gasteiger partial charge in [-0.1, -0.05) is 31.2 Å². The number of hydrogen-bond acceptors (Lipinski definition) is 5. The number of nitrogens with one attached hydrogen (secondary N) is 2. The number of benzene rings is 1. The maximum absolute atomic E-state index is 5.69. The molecule has 0 aliphatic carbocycles. The van der Waals surface area contributed by atoms with Crippen LogP contribution in [0.3, 0.4) is 0 Å². The van der Waals surface area contributed by atoms with Gasteiger partial charge in [-0.2, -0.15) is 0 Å². The Kier molecular flexibility index (Phi) is 7.01. The van der Waals surface area contributed by atoms with Crippen molar-refractivity contribution >= 4 is 5.96 Å². The number of aromatic nitrogens is 2. The number of guanidine groups is 1. The van der Waals surface area contributed by atoms with E-state index in [1.165, 1.54) is 0 Å². The summed E-state index contributed by atoms with van der Waals surface area (Å²) in [5.74, 6) is 1.92. The minimum absolute atomic E-state index is 0.502. The van der Waals surface area contributed by atoms with Crippen molar-refractivity contribution in [1.82, 2.24) is 20.6 Å². The highest BCUT2D eigenvalue weighted by atomic mass is 16.5. The first kappa shape index (κ1) is 19.4. The Hall–Kier alpha value is -3.35. The molecule has 0 bridgehead atoms. The monoisotopic (exact) mass is 379 g/mol. The molecule has 3 aromatic rings. The van der Waals surface area contributed by atoms with Gasteiger partial charge in [-0.05, 0) is 24.6 Å². The highest BCUT2D eigenvalue weighted by Crippen LogP contribution is 2.18. The van der Waals surface area contributed by atoms with Crippen LogP contribution in [0.1, 0.15) is 24.6 Å². The van der Waals surface area contributed by atoms with Crippen LogP contribution < -0.4 is 15.4 Å². The van der Waals surface area contributed by atoms with E-state index < -0.39 is 0 Å². The molecule has 0 atom stereocenters. The van der Waals surface area contributed by atoms with Crippen molar-refractivity contribution in [1.29, 1.82) is 0 Å². The van der Waals surface area contributed by atoms with Crippen molar-refractivity contribution < 1.29 is 9.15 Å². The molecule has 2 N–H and O–H groups in total. The zero-order chi connectivity index (χ0) is 19.6. The average Bonchev–Trinajstić information content (AvgIpc) is 3.23. The third-order valence-corrected chi connectivity index (χ3v) is 3.97. The molecule has 7 heteroatoms. The van der Waals surface area contributed by atoms with E-state index in [4.69, 9.17) is 9.15 Å². The van der Waals surface area contributed by atoms with E-state index in [0.29, 0.717) is 37.4 Å². The van der Waals surface area contributed by atoms with Crippen molar-refractivity contribution in [2.24, 2.45) is 4.99 Å². The van der Waals surface area contributed by atoms with Crippen LogP contribution in [0.4, 0.5) is 0 Å². The lowest BCUT2D eigenvalue weighted by Gasteiger charge is -2.13. The lowest BCUT2D eigenvalue weighted by Crippen LogP contribution is -2.36. The van der Waals surface area contributed by atoms with Gasteiger partial charge in [-0.3, -0.25) is 4.99 Å². The standard InChI is InChI=1S/C21H25N5O2/c1-3-12-27-19-17(10-7-11-23-19)13-24-21(22-2)25-14-18-15-28-20(26-18)16-8-5-4-6-9-16/h4-11,15H,3,12-14H2,1-2H3,(H2,22,24,25). The van der Waals surface area contributed by atoms with Gasteiger partial charge >= 0.3 is 0 Å². The third kappa shape index (κ3) is 5.33. The molecule has 146 valence electrons. The Morgan fingerprint density at radius 2 is 1.93 bits per heavy atom. The third-order valence-electron chi connectivity index (χ3n) is 3.97. The molecule has 0 radical (unpaired) electrons. The first-order chi connectivity index (χ1) is 13.8. The molecule has 0 fully saturated rings. The summed E-state index contributed by atoms with van der Waals surface area (Å²) in [6.45, 7) is 3.77. The summed E-state index contributed by atoms with van der Waals surface area (Å²) in [6, 6.07) is 13.7. The second-order valence-electron chi connectivity index (χ2n) is 6.11. The van der Waals surface area contributed by atoms with Crippen molar-refractivity contribution in [3.8, 4) is 17.3 Å². The van der Waals surface area contributed by atoms with Gasteiger partial charge in [0.25, 0.3) is 0 Å². The molecule has 0 aliphatic rings. The van der Waals surface area contributed by atoms with Gasteiger partial charge in [-0.15, -0.1) is 0 Å². The highest BCUT2D eigenvalue weighted by molar-refractivity contribution is 5.79. The highest BCUT2D eigenvalue weighted by Gasteiger charge is 2.08. The Balaban J connectivity index is 1.54. The fourth-order valence-electron chi connectivity index (χ4n) is 2.56. The van der Waals surface area contributed by atoms with Gasteiger partial charge in [-0.25, -0.2) is 9.97 Å². The molecule has 2 heterocycles. The molecule has 0 saturated carbocycles. The van der Waals surface area contributed by atoms with Crippen LogP contribution in [-0.4, -0.2) is 29.6 Å². The number of hydrogen-bond donors (Lipinski definition) is 2. The lowest BCUT2D eigenvalue weighted by atomic mass is 10.2. The molecular formula is C21H25N5O2. The molecule has 28 heavy (non-hydrogen) atoms. The average molecular weight is 379 g/mol. The maximum atomic E-state index is 5.69. The van der Waals surface area contributed by atoms with Crippen LogP contribution in [0.25, 0.3) is 11.5 Å². The van der Waals surface area contributed by atoms with Crippen LogP contribution in [0, 0.1) is 0 Å². The summed E-state index contributed by atoms with van der Waals surface area (Å²) >= 11 is 0. The van der Waals surface area contributed by atoms with E-state index in [0.717, 1.165) is 23.2 Å². The Morgan fingerprint density at radius 3 is 2.71 bits per heavy atom. The summed E-state index contributed by atoms with van der Waals surface area (Å²) in [5, 5.41) is 6.51. The molecule has 0 unspecified atom stereocenters. The largest absolute Gasteiger partial charge is 0.477 e. The summed E-state index contributed by atoms with van der Waals surface area (Å²) in [6.07, 6.45) is 4.33. The number of oxazole rings is 1. The van der Waals surface area contributed by atoms with Gasteiger partial charge < -0.3 is 19.8 Å². The number of nitrogens with zero attached hydrogens (tertiary/aromatic N) is 3. The molecule has 7 nitrogen and oxygen atoms in total. The van der Waals surface area contributed by atoms with Crippen LogP contribution in [-0.2, 0) is 13.1 Å². The van der Waals surface area contributed by atoms with Crippen molar-refractivity contribution in [2.75, 3.05) is 13.7 Å². The summed E-state index contributed by atoms with van der Waals surface area (Å²) < 4.78 is 11.3. The summed E-state index contributed by atoms with van der Waals surface area (Å²) in [7, 11) is 1.73. The quantitative estimate of drug-likeness (QED) is 0.461. The van der Waals surface area contributed by atoms with Crippen LogP contribution in [0.2, 0.25) is 0 Å². The number of ether oxygens (including phenoxy) is 1. The van der Waals surface area contributed by atoms with Crippen LogP contribution >= 0.6 is 0 Å². The summed E-state index contributed by atoms with van der Waals surface area (Å²) in [5.41, 5.74) is 2.73. The van der Waals surface area contributed by atoms with Crippen molar-refractivity contribution in [2.45, 2.75) is 26.4 Å². The number of pyridine rings is 1. The first-order valence-electron chi connectivity index (χ1n) is 9.31. The van der Waals surface area contributed by atoms with E-state index in [2.05, 4.69) is 32.5 Å². The minimum Gasteiger partial charge on any atom is -0.477 e. The van der Waals surface area contributed by atoms with Crippen molar-refractivity contribution in [3.05, 3.63) is 66.2 Å².